The molecule has 0 aliphatic heterocycles. The van der Waals surface area contributed by atoms with Crippen molar-refractivity contribution in [2.24, 2.45) is 0 Å². The zero-order valence-electron chi connectivity index (χ0n) is 7.65. The fourth-order valence-electron chi connectivity index (χ4n) is 0.848. The average Bonchev–Trinajstić information content (AvgIpc) is 2.03. The molecule has 0 heterocycles. The van der Waals surface area contributed by atoms with E-state index in [1.54, 1.807) is 0 Å². The van der Waals surface area contributed by atoms with Crippen molar-refractivity contribution < 1.29 is 22.7 Å². The van der Waals surface area contributed by atoms with Gasteiger partial charge in [-0.3, -0.25) is 0 Å². The number of alkyl halides is 3. The predicted molar refractivity (Wildman–Crippen MR) is 41.4 cm³/mol. The number of ether oxygens (including phenoxy) is 1. The Morgan fingerprint density at radius 1 is 1.46 bits per heavy atom. The molecule has 0 bridgehead atoms. The molecule has 0 aromatic rings. The summed E-state index contributed by atoms with van der Waals surface area (Å²) in [5, 5.41) is 0. The molecular formula is C8H13F3O2. The molecule has 0 aliphatic rings. The highest BCUT2D eigenvalue weighted by Crippen LogP contribution is 2.27. The van der Waals surface area contributed by atoms with Gasteiger partial charge in [0.15, 0.2) is 0 Å². The van der Waals surface area contributed by atoms with Gasteiger partial charge in [-0.15, -0.1) is 0 Å². The van der Waals surface area contributed by atoms with Crippen LogP contribution < -0.4 is 0 Å². The first-order chi connectivity index (χ1) is 5.95. The number of carbonyl (C=O) groups is 1. The van der Waals surface area contributed by atoms with Crippen LogP contribution in [-0.4, -0.2) is 24.7 Å². The van der Waals surface area contributed by atoms with Crippen LogP contribution in [-0.2, 0) is 9.53 Å². The number of esters is 1. The minimum Gasteiger partial charge on any atom is -0.464 e. The standard InChI is InChI=1S/C8H13F3O2/c1-3-5-8(10,11)6(9)7(12)13-4-2/h6H,3-5H2,1-2H3. The summed E-state index contributed by atoms with van der Waals surface area (Å²) in [5.74, 6) is -5.10. The molecular weight excluding hydrogens is 185 g/mol. The van der Waals surface area contributed by atoms with Crippen molar-refractivity contribution in [3.05, 3.63) is 0 Å². The Labute approximate surface area is 75.1 Å². The third kappa shape index (κ3) is 3.65. The van der Waals surface area contributed by atoms with Gasteiger partial charge in [-0.25, -0.2) is 18.0 Å². The highest BCUT2D eigenvalue weighted by Gasteiger charge is 2.45. The molecule has 0 aromatic heterocycles. The summed E-state index contributed by atoms with van der Waals surface area (Å²) in [6.07, 6.45) is -3.37. The molecule has 78 valence electrons. The number of hydrogen-bond donors (Lipinski definition) is 0. The Balaban J connectivity index is 4.21. The molecule has 0 spiro atoms. The van der Waals surface area contributed by atoms with Gasteiger partial charge in [0.2, 0.25) is 0 Å². The highest BCUT2D eigenvalue weighted by molar-refractivity contribution is 5.75. The van der Waals surface area contributed by atoms with Crippen molar-refractivity contribution in [1.29, 1.82) is 0 Å². The third-order valence-corrected chi connectivity index (χ3v) is 1.45. The Hall–Kier alpha value is -0.740. The Morgan fingerprint density at radius 2 is 2.00 bits per heavy atom. The molecule has 0 N–H and O–H groups in total. The summed E-state index contributed by atoms with van der Waals surface area (Å²) in [7, 11) is 0. The van der Waals surface area contributed by atoms with Crippen LogP contribution in [0.5, 0.6) is 0 Å². The number of carbonyl (C=O) groups excluding carboxylic acids is 1. The summed E-state index contributed by atoms with van der Waals surface area (Å²) in [4.78, 5) is 10.6. The maximum atomic E-state index is 12.7. The van der Waals surface area contributed by atoms with E-state index in [2.05, 4.69) is 4.74 Å². The van der Waals surface area contributed by atoms with Gasteiger partial charge in [0, 0.05) is 6.42 Å². The number of rotatable bonds is 5. The summed E-state index contributed by atoms with van der Waals surface area (Å²) in [6, 6.07) is 0. The first-order valence-electron chi connectivity index (χ1n) is 4.14. The normalized spacial score (nSPS) is 13.9. The molecule has 0 rings (SSSR count). The number of hydrogen-bond acceptors (Lipinski definition) is 2. The Bertz CT molecular complexity index is 171. The first-order valence-corrected chi connectivity index (χ1v) is 4.14. The molecule has 1 unspecified atom stereocenters. The van der Waals surface area contributed by atoms with Crippen LogP contribution in [0.15, 0.2) is 0 Å². The fraction of sp³-hybridized carbons (Fsp3) is 0.875. The summed E-state index contributed by atoms with van der Waals surface area (Å²) < 4.78 is 42.3. The lowest BCUT2D eigenvalue weighted by molar-refractivity contribution is -0.166. The van der Waals surface area contributed by atoms with E-state index in [0.717, 1.165) is 0 Å². The SMILES string of the molecule is CCCC(F)(F)C(F)C(=O)OCC. The lowest BCUT2D eigenvalue weighted by Crippen LogP contribution is -2.37. The fourth-order valence-corrected chi connectivity index (χ4v) is 0.848. The molecule has 0 aromatic carbocycles. The Morgan fingerprint density at radius 3 is 2.38 bits per heavy atom. The van der Waals surface area contributed by atoms with E-state index in [4.69, 9.17) is 0 Å². The number of halogens is 3. The molecule has 0 saturated carbocycles. The molecule has 13 heavy (non-hydrogen) atoms. The van der Waals surface area contributed by atoms with E-state index in [1.165, 1.54) is 13.8 Å². The van der Waals surface area contributed by atoms with Crippen LogP contribution in [0.4, 0.5) is 13.2 Å². The van der Waals surface area contributed by atoms with Gasteiger partial charge in [0.1, 0.15) is 0 Å². The van der Waals surface area contributed by atoms with Crippen molar-refractivity contribution in [2.45, 2.75) is 38.8 Å². The van der Waals surface area contributed by atoms with Crippen LogP contribution in [0.3, 0.4) is 0 Å². The van der Waals surface area contributed by atoms with Gasteiger partial charge in [0.25, 0.3) is 12.1 Å². The lowest BCUT2D eigenvalue weighted by atomic mass is 10.1. The average molecular weight is 198 g/mol. The highest BCUT2D eigenvalue weighted by atomic mass is 19.3. The minimum atomic E-state index is -3.61. The van der Waals surface area contributed by atoms with Crippen LogP contribution in [0, 0.1) is 0 Å². The third-order valence-electron chi connectivity index (χ3n) is 1.45. The van der Waals surface area contributed by atoms with E-state index in [0.29, 0.717) is 0 Å². The van der Waals surface area contributed by atoms with Crippen LogP contribution in [0.25, 0.3) is 0 Å². The largest absolute Gasteiger partial charge is 0.464 e. The molecule has 0 saturated heterocycles. The van der Waals surface area contributed by atoms with Gasteiger partial charge in [0.05, 0.1) is 6.61 Å². The molecule has 5 heteroatoms. The maximum absolute atomic E-state index is 12.7. The topological polar surface area (TPSA) is 26.3 Å². The van der Waals surface area contributed by atoms with Gasteiger partial charge < -0.3 is 4.74 Å². The van der Waals surface area contributed by atoms with Crippen molar-refractivity contribution >= 4 is 5.97 Å². The maximum Gasteiger partial charge on any atom is 0.347 e. The first kappa shape index (κ1) is 12.3. The molecule has 0 amide bonds. The smallest absolute Gasteiger partial charge is 0.347 e. The van der Waals surface area contributed by atoms with E-state index in [1.807, 2.05) is 0 Å². The summed E-state index contributed by atoms with van der Waals surface area (Å²) in [6.45, 7) is 2.83. The molecule has 0 fully saturated rings. The lowest BCUT2D eigenvalue weighted by Gasteiger charge is -2.18. The molecule has 0 aliphatic carbocycles. The van der Waals surface area contributed by atoms with Gasteiger partial charge in [-0.05, 0) is 6.92 Å². The molecule has 0 radical (unpaired) electrons. The van der Waals surface area contributed by atoms with Crippen molar-refractivity contribution in [2.75, 3.05) is 6.61 Å². The van der Waals surface area contributed by atoms with Gasteiger partial charge >= 0.3 is 5.97 Å². The second-order valence-electron chi connectivity index (χ2n) is 2.63. The van der Waals surface area contributed by atoms with Crippen LogP contribution in [0.1, 0.15) is 26.7 Å². The van der Waals surface area contributed by atoms with Gasteiger partial charge in [-0.2, -0.15) is 0 Å². The zero-order valence-corrected chi connectivity index (χ0v) is 7.65. The van der Waals surface area contributed by atoms with Crippen molar-refractivity contribution in [1.82, 2.24) is 0 Å². The van der Waals surface area contributed by atoms with Crippen molar-refractivity contribution in [3.8, 4) is 0 Å². The van der Waals surface area contributed by atoms with E-state index in [-0.39, 0.29) is 13.0 Å². The van der Waals surface area contributed by atoms with Crippen LogP contribution in [0.2, 0.25) is 0 Å². The molecule has 1 atom stereocenters. The summed E-state index contributed by atoms with van der Waals surface area (Å²) in [5.41, 5.74) is 0. The second kappa shape index (κ2) is 5.09. The zero-order chi connectivity index (χ0) is 10.5. The van der Waals surface area contributed by atoms with Crippen molar-refractivity contribution in [3.63, 3.8) is 0 Å². The van der Waals surface area contributed by atoms with Crippen LogP contribution >= 0.6 is 0 Å². The quantitative estimate of drug-likeness (QED) is 0.634. The van der Waals surface area contributed by atoms with Gasteiger partial charge in [-0.1, -0.05) is 13.3 Å². The second-order valence-corrected chi connectivity index (χ2v) is 2.63. The monoisotopic (exact) mass is 198 g/mol. The summed E-state index contributed by atoms with van der Waals surface area (Å²) >= 11 is 0. The Kier molecular flexibility index (Phi) is 4.80. The van der Waals surface area contributed by atoms with E-state index < -0.39 is 24.5 Å². The predicted octanol–water partition coefficient (Wildman–Crippen LogP) is 2.32. The van der Waals surface area contributed by atoms with E-state index in [9.17, 15) is 18.0 Å². The molecule has 2 nitrogen and oxygen atoms in total. The van der Waals surface area contributed by atoms with E-state index >= 15 is 0 Å². The minimum absolute atomic E-state index is 0.0958.